The average molecular weight is 571 g/mol. The standard InChI is InChI=1S/C31H44BFN2O6/c1-26(2,3)38-24(36)34(19-30-16-31(33,17-30)18-30)15-22-13-20-11-12-21(32-40-28(7,8)29(9,10)41-32)14-23(20)35(22)25(37)39-27(4,5)6/h11-14H,15-19H2,1-10H3. The number of benzene rings is 1. The molecule has 1 saturated heterocycles. The van der Waals surface area contributed by atoms with Crippen molar-refractivity contribution in [3.63, 3.8) is 0 Å². The predicted molar refractivity (Wildman–Crippen MR) is 156 cm³/mol. The number of ether oxygens (including phenoxy) is 2. The largest absolute Gasteiger partial charge is 0.494 e. The fourth-order valence-corrected chi connectivity index (χ4v) is 6.18. The van der Waals surface area contributed by atoms with Crippen LogP contribution in [0.5, 0.6) is 0 Å². The monoisotopic (exact) mass is 570 g/mol. The van der Waals surface area contributed by atoms with E-state index in [4.69, 9.17) is 18.8 Å². The van der Waals surface area contributed by atoms with Crippen molar-refractivity contribution in [3.05, 3.63) is 30.0 Å². The van der Waals surface area contributed by atoms with Gasteiger partial charge in [0, 0.05) is 17.6 Å². The Hall–Kier alpha value is -2.59. The molecule has 2 aromatic rings. The van der Waals surface area contributed by atoms with Gasteiger partial charge in [0.05, 0.1) is 23.3 Å². The third-order valence-electron chi connectivity index (χ3n) is 8.61. The Labute approximate surface area is 243 Å². The van der Waals surface area contributed by atoms with Gasteiger partial charge in [0.25, 0.3) is 0 Å². The van der Waals surface area contributed by atoms with Crippen LogP contribution in [0.15, 0.2) is 24.3 Å². The van der Waals surface area contributed by atoms with E-state index in [0.29, 0.717) is 37.0 Å². The molecule has 0 radical (unpaired) electrons. The normalized spacial score (nSPS) is 26.4. The van der Waals surface area contributed by atoms with Crippen LogP contribution in [0.1, 0.15) is 94.2 Å². The van der Waals surface area contributed by atoms with Gasteiger partial charge in [0.2, 0.25) is 0 Å². The molecule has 224 valence electrons. The first kappa shape index (κ1) is 29.9. The molecule has 6 rings (SSSR count). The summed E-state index contributed by atoms with van der Waals surface area (Å²) in [4.78, 5) is 28.7. The summed E-state index contributed by atoms with van der Waals surface area (Å²) < 4.78 is 40.0. The molecular weight excluding hydrogens is 526 g/mol. The minimum absolute atomic E-state index is 0.107. The molecule has 1 amide bonds. The van der Waals surface area contributed by atoms with E-state index in [2.05, 4.69) is 0 Å². The quantitative estimate of drug-likeness (QED) is 0.390. The van der Waals surface area contributed by atoms with Crippen LogP contribution in [0, 0.1) is 5.41 Å². The zero-order valence-electron chi connectivity index (χ0n) is 26.1. The maximum absolute atomic E-state index is 14.4. The van der Waals surface area contributed by atoms with Gasteiger partial charge in [-0.3, -0.25) is 0 Å². The van der Waals surface area contributed by atoms with Crippen molar-refractivity contribution in [2.45, 2.75) is 123 Å². The summed E-state index contributed by atoms with van der Waals surface area (Å²) in [5.74, 6) is 0. The number of halogens is 1. The smallest absolute Gasteiger partial charge is 0.444 e. The van der Waals surface area contributed by atoms with Gasteiger partial charge in [-0.15, -0.1) is 0 Å². The second-order valence-corrected chi connectivity index (χ2v) is 15.4. The average Bonchev–Trinajstić information content (AvgIpc) is 3.20. The molecule has 41 heavy (non-hydrogen) atoms. The number of alkyl halides is 1. The van der Waals surface area contributed by atoms with E-state index in [-0.39, 0.29) is 12.0 Å². The lowest BCUT2D eigenvalue weighted by Crippen LogP contribution is -2.68. The summed E-state index contributed by atoms with van der Waals surface area (Å²) in [5, 5.41) is 0.809. The number of amides is 1. The van der Waals surface area contributed by atoms with Crippen LogP contribution in [0.3, 0.4) is 0 Å². The lowest BCUT2D eigenvalue weighted by molar-refractivity contribution is -0.220. The number of fused-ring (bicyclic) bond motifs is 1. The predicted octanol–water partition coefficient (Wildman–Crippen LogP) is 6.35. The van der Waals surface area contributed by atoms with Crippen molar-refractivity contribution >= 4 is 35.7 Å². The first-order chi connectivity index (χ1) is 18.6. The molecule has 2 bridgehead atoms. The maximum atomic E-state index is 14.4. The number of carbonyl (C=O) groups is 2. The van der Waals surface area contributed by atoms with Crippen LogP contribution in [0.25, 0.3) is 10.9 Å². The van der Waals surface area contributed by atoms with Crippen LogP contribution in [0.2, 0.25) is 0 Å². The molecule has 3 saturated carbocycles. The molecule has 3 aliphatic carbocycles. The zero-order chi connectivity index (χ0) is 30.4. The zero-order valence-corrected chi connectivity index (χ0v) is 26.1. The molecular formula is C31H44BFN2O6. The molecule has 10 heteroatoms. The van der Waals surface area contributed by atoms with Gasteiger partial charge in [-0.05, 0) is 112 Å². The van der Waals surface area contributed by atoms with Gasteiger partial charge in [0.15, 0.2) is 0 Å². The highest BCUT2D eigenvalue weighted by molar-refractivity contribution is 6.62. The van der Waals surface area contributed by atoms with Crippen LogP contribution in [-0.4, -0.2) is 63.4 Å². The summed E-state index contributed by atoms with van der Waals surface area (Å²) in [6.07, 6.45) is 0.309. The molecule has 0 N–H and O–H groups in total. The highest BCUT2D eigenvalue weighted by atomic mass is 19.1. The van der Waals surface area contributed by atoms with E-state index in [1.807, 2.05) is 93.5 Å². The van der Waals surface area contributed by atoms with Crippen molar-refractivity contribution < 1.29 is 32.8 Å². The number of rotatable bonds is 5. The minimum atomic E-state index is -1.09. The first-order valence-corrected chi connectivity index (χ1v) is 14.5. The molecule has 1 aliphatic heterocycles. The first-order valence-electron chi connectivity index (χ1n) is 14.5. The fraction of sp³-hybridized carbons (Fsp3) is 0.677. The van der Waals surface area contributed by atoms with Crippen molar-refractivity contribution in [1.29, 1.82) is 0 Å². The summed E-state index contributed by atoms with van der Waals surface area (Å²) in [6, 6.07) is 7.63. The van der Waals surface area contributed by atoms with Gasteiger partial charge in [-0.2, -0.15) is 0 Å². The summed E-state index contributed by atoms with van der Waals surface area (Å²) in [6.45, 7) is 19.3. The Balaban J connectivity index is 1.53. The highest BCUT2D eigenvalue weighted by Gasteiger charge is 2.69. The van der Waals surface area contributed by atoms with Crippen molar-refractivity contribution in [3.8, 4) is 0 Å². The summed E-state index contributed by atoms with van der Waals surface area (Å²) in [7, 11) is -0.606. The fourth-order valence-electron chi connectivity index (χ4n) is 6.18. The highest BCUT2D eigenvalue weighted by Crippen LogP contribution is 2.69. The number of hydrogen-bond donors (Lipinski definition) is 0. The van der Waals surface area contributed by atoms with Crippen molar-refractivity contribution in [2.24, 2.45) is 5.41 Å². The van der Waals surface area contributed by atoms with Crippen molar-refractivity contribution in [2.75, 3.05) is 6.54 Å². The van der Waals surface area contributed by atoms with E-state index in [9.17, 15) is 14.0 Å². The summed E-state index contributed by atoms with van der Waals surface area (Å²) in [5.41, 5.74) is -1.82. The van der Waals surface area contributed by atoms with Crippen LogP contribution in [-0.2, 0) is 25.3 Å². The topological polar surface area (TPSA) is 79.2 Å². The minimum Gasteiger partial charge on any atom is -0.444 e. The molecule has 0 spiro atoms. The van der Waals surface area contributed by atoms with E-state index in [1.165, 1.54) is 4.57 Å². The second kappa shape index (κ2) is 9.21. The molecule has 0 unspecified atom stereocenters. The SMILES string of the molecule is CC(C)(C)OC(=O)N(Cc1cc2ccc(B3OC(C)(C)C(C)(C)O3)cc2n1C(=O)OC(C)(C)C)CC12CC(F)(C1)C2. The van der Waals surface area contributed by atoms with Gasteiger partial charge in [-0.25, -0.2) is 18.5 Å². The molecule has 4 aliphatic rings. The van der Waals surface area contributed by atoms with Gasteiger partial charge in [-0.1, -0.05) is 12.1 Å². The van der Waals surface area contributed by atoms with E-state index in [0.717, 1.165) is 10.8 Å². The Morgan fingerprint density at radius 2 is 1.51 bits per heavy atom. The van der Waals surface area contributed by atoms with Crippen LogP contribution >= 0.6 is 0 Å². The van der Waals surface area contributed by atoms with Crippen molar-refractivity contribution in [1.82, 2.24) is 9.47 Å². The van der Waals surface area contributed by atoms with E-state index in [1.54, 1.807) is 4.90 Å². The Morgan fingerprint density at radius 1 is 0.951 bits per heavy atom. The Morgan fingerprint density at radius 3 is 2.02 bits per heavy atom. The molecule has 4 fully saturated rings. The van der Waals surface area contributed by atoms with E-state index >= 15 is 0 Å². The van der Waals surface area contributed by atoms with Crippen LogP contribution < -0.4 is 5.46 Å². The molecule has 0 atom stereocenters. The Kier molecular flexibility index (Phi) is 6.71. The summed E-state index contributed by atoms with van der Waals surface area (Å²) >= 11 is 0. The van der Waals surface area contributed by atoms with Gasteiger partial charge < -0.3 is 23.7 Å². The lowest BCUT2D eigenvalue weighted by atomic mass is 9.42. The second-order valence-electron chi connectivity index (χ2n) is 15.4. The maximum Gasteiger partial charge on any atom is 0.494 e. The number of nitrogens with zero attached hydrogens (tertiary/aromatic N) is 2. The molecule has 8 nitrogen and oxygen atoms in total. The van der Waals surface area contributed by atoms with Gasteiger partial charge >= 0.3 is 19.3 Å². The number of carbonyl (C=O) groups excluding carboxylic acids is 2. The molecule has 1 aromatic carbocycles. The Bertz CT molecular complexity index is 1350. The molecule has 1 aromatic heterocycles. The van der Waals surface area contributed by atoms with Gasteiger partial charge in [0.1, 0.15) is 16.9 Å². The van der Waals surface area contributed by atoms with Crippen LogP contribution in [0.4, 0.5) is 14.0 Å². The van der Waals surface area contributed by atoms with E-state index < -0.39 is 47.4 Å². The molecule has 2 heterocycles. The lowest BCUT2D eigenvalue weighted by Gasteiger charge is -2.66. The third-order valence-corrected chi connectivity index (χ3v) is 8.61. The third kappa shape index (κ3) is 5.74. The number of aromatic nitrogens is 1. The number of hydrogen-bond acceptors (Lipinski definition) is 6.